The Bertz CT molecular complexity index is 2640. The Morgan fingerprint density at radius 1 is 0.662 bits per heavy atom. The number of nitrogens with zero attached hydrogens (tertiary/aromatic N) is 4. The monoisotopic (exact) mass is 1060 g/mol. The van der Waals surface area contributed by atoms with Crippen LogP contribution >= 0.6 is 23.2 Å². The van der Waals surface area contributed by atoms with Crippen molar-refractivity contribution in [2.45, 2.75) is 171 Å². The molecule has 0 fully saturated rings. The van der Waals surface area contributed by atoms with Crippen molar-refractivity contribution < 1.29 is 73.7 Å². The summed E-state index contributed by atoms with van der Waals surface area (Å²) in [4.78, 5) is 52.3. The molecule has 12 nitrogen and oxygen atoms in total. The fraction of sp³-hybridized carbons (Fsp3) is 0.534. The van der Waals surface area contributed by atoms with E-state index < -0.39 is 28.1 Å². The van der Waals surface area contributed by atoms with Gasteiger partial charge in [-0.3, -0.25) is 23.6 Å². The second-order valence-electron chi connectivity index (χ2n) is 22.0. The van der Waals surface area contributed by atoms with Crippen molar-refractivity contribution in [3.63, 3.8) is 0 Å². The van der Waals surface area contributed by atoms with Crippen LogP contribution in [-0.2, 0) is 41.5 Å². The van der Waals surface area contributed by atoms with E-state index in [2.05, 4.69) is 21.6 Å². The number of esters is 2. The number of aromatic nitrogens is 3. The van der Waals surface area contributed by atoms with Crippen molar-refractivity contribution >= 4 is 66.6 Å². The summed E-state index contributed by atoms with van der Waals surface area (Å²) in [5.74, 6) is -0.285. The first kappa shape index (κ1) is 64.2. The zero-order chi connectivity index (χ0) is 53.0. The first-order valence-corrected chi connectivity index (χ1v) is 26.4. The van der Waals surface area contributed by atoms with Crippen LogP contribution in [0, 0.1) is 10.8 Å². The molecular formula is C58H80BCl2N4NaO8+. The molecule has 0 bridgehead atoms. The van der Waals surface area contributed by atoms with E-state index >= 15 is 0 Å². The maximum atomic E-state index is 12.7. The molecule has 6 rings (SSSR count). The van der Waals surface area contributed by atoms with Crippen LogP contribution in [0.3, 0.4) is 0 Å². The number of pyridine rings is 1. The maximum Gasteiger partial charge on any atom is 1.00 e. The summed E-state index contributed by atoms with van der Waals surface area (Å²) in [5.41, 5.74) is 3.02. The predicted octanol–water partition coefficient (Wildman–Crippen LogP) is 11.0. The zero-order valence-electron chi connectivity index (χ0n) is 47.4. The van der Waals surface area contributed by atoms with Gasteiger partial charge in [0.1, 0.15) is 11.2 Å². The molecule has 397 valence electrons. The van der Waals surface area contributed by atoms with Gasteiger partial charge in [0.25, 0.3) is 0 Å². The van der Waals surface area contributed by atoms with Gasteiger partial charge < -0.3 is 20.4 Å². The summed E-state index contributed by atoms with van der Waals surface area (Å²) < 4.78 is 27.0. The molecule has 0 N–H and O–H groups in total. The van der Waals surface area contributed by atoms with Gasteiger partial charge in [0, 0.05) is 75.1 Å². The smallest absolute Gasteiger partial charge is 1.00 e. The number of unbranched alkanes of at least 4 members (excludes halogenated alkanes) is 2. The van der Waals surface area contributed by atoms with Crippen LogP contribution in [-0.4, -0.2) is 77.5 Å². The molecule has 0 amide bonds. The molecule has 4 heterocycles. The van der Waals surface area contributed by atoms with Crippen molar-refractivity contribution in [1.29, 1.82) is 0 Å². The second-order valence-corrected chi connectivity index (χ2v) is 22.8. The minimum absolute atomic E-state index is 0. The molecule has 0 spiro atoms. The molecule has 1 aliphatic rings. The Morgan fingerprint density at radius 2 is 1.16 bits per heavy atom. The van der Waals surface area contributed by atoms with Crippen molar-refractivity contribution in [1.82, 2.24) is 14.0 Å². The Hall–Kier alpha value is -4.11. The van der Waals surface area contributed by atoms with Crippen LogP contribution < -0.4 is 34.1 Å². The van der Waals surface area contributed by atoms with Crippen LogP contribution in [0.15, 0.2) is 91.5 Å². The summed E-state index contributed by atoms with van der Waals surface area (Å²) in [6.45, 7) is 25.0. The number of ether oxygens (including phenoxy) is 4. The third kappa shape index (κ3) is 18.0. The Kier molecular flexibility index (Phi) is 24.6. The third-order valence-electron chi connectivity index (χ3n) is 13.0. The van der Waals surface area contributed by atoms with Crippen molar-refractivity contribution in [3.05, 3.63) is 124 Å². The Balaban J connectivity index is 0.000000494. The summed E-state index contributed by atoms with van der Waals surface area (Å²) >= 11 is 13.3. The number of benzene rings is 2. The normalized spacial score (nSPS) is 13.8. The number of hydrogen-bond donors (Lipinski definition) is 0. The fourth-order valence-corrected chi connectivity index (χ4v) is 9.68. The largest absolute Gasteiger partial charge is 1.00 e. The van der Waals surface area contributed by atoms with Gasteiger partial charge in [-0.1, -0.05) is 78.9 Å². The van der Waals surface area contributed by atoms with Crippen LogP contribution in [0.2, 0.25) is 10.0 Å². The van der Waals surface area contributed by atoms with E-state index in [-0.39, 0.29) is 69.5 Å². The summed E-state index contributed by atoms with van der Waals surface area (Å²) in [6, 6.07) is 22.0. The summed E-state index contributed by atoms with van der Waals surface area (Å²) in [7, 11) is 0. The zero-order valence-corrected chi connectivity index (χ0v) is 49.9. The van der Waals surface area contributed by atoms with E-state index in [4.69, 9.17) is 42.1 Å². The summed E-state index contributed by atoms with van der Waals surface area (Å²) in [5, 5.41) is 2.42. The van der Waals surface area contributed by atoms with Crippen molar-refractivity contribution in [2.75, 3.05) is 19.8 Å². The van der Waals surface area contributed by atoms with Gasteiger partial charge in [-0.15, -0.1) is 0 Å². The molecule has 1 aliphatic heterocycles. The van der Waals surface area contributed by atoms with Gasteiger partial charge in [-0.05, 0) is 144 Å². The predicted molar refractivity (Wildman–Crippen MR) is 292 cm³/mol. The van der Waals surface area contributed by atoms with E-state index in [0.29, 0.717) is 18.2 Å². The van der Waals surface area contributed by atoms with Gasteiger partial charge in [-0.2, -0.15) is 4.57 Å². The molecule has 2 unspecified atom stereocenters. The van der Waals surface area contributed by atoms with Crippen LogP contribution in [0.1, 0.15) is 170 Å². The SMILES string of the molecule is CCOC(=O)C(C)(C)CCCCC(c1ccccc1Cl)N1CCc2c(ccn2C(=O)OC(C)(C)C)C1.CCOC(=O)C(C)(C)CCCCC(c1ccccc1Cl)[n+]1ccc2c(ccn2C(=O)OC(C)(C)C)c1.[B].[H-].[Na+]. The average Bonchev–Trinajstić information content (AvgIpc) is 3.94. The molecule has 2 atom stereocenters. The van der Waals surface area contributed by atoms with Crippen LogP contribution in [0.25, 0.3) is 10.9 Å². The molecule has 5 aromatic rings. The maximum absolute atomic E-state index is 12.7. The molecule has 0 aliphatic carbocycles. The van der Waals surface area contributed by atoms with E-state index in [1.165, 1.54) is 4.57 Å². The Labute approximate surface area is 476 Å². The molecular weight excluding hydrogens is 985 g/mol. The van der Waals surface area contributed by atoms with Gasteiger partial charge in [0.15, 0.2) is 18.4 Å². The average molecular weight is 1070 g/mol. The molecule has 16 heteroatoms. The number of fused-ring (bicyclic) bond motifs is 2. The quantitative estimate of drug-likeness (QED) is 0.0277. The van der Waals surface area contributed by atoms with Crippen molar-refractivity contribution in [2.24, 2.45) is 10.8 Å². The first-order valence-electron chi connectivity index (χ1n) is 25.6. The number of carbonyl (C=O) groups excluding carboxylic acids is 4. The van der Waals surface area contributed by atoms with E-state index in [0.717, 1.165) is 109 Å². The minimum atomic E-state index is -0.570. The molecule has 0 saturated heterocycles. The topological polar surface area (TPSA) is 122 Å². The first-order chi connectivity index (χ1) is 33.9. The molecule has 0 saturated carbocycles. The second kappa shape index (κ2) is 28.3. The number of rotatable bonds is 18. The third-order valence-corrected chi connectivity index (χ3v) is 13.7. The van der Waals surface area contributed by atoms with Gasteiger partial charge in [0.2, 0.25) is 0 Å². The molecule has 74 heavy (non-hydrogen) atoms. The van der Waals surface area contributed by atoms with Gasteiger partial charge in [-0.25, -0.2) is 9.59 Å². The van der Waals surface area contributed by atoms with E-state index in [1.54, 1.807) is 10.8 Å². The van der Waals surface area contributed by atoms with Crippen LogP contribution in [0.4, 0.5) is 9.59 Å². The van der Waals surface area contributed by atoms with Crippen LogP contribution in [0.5, 0.6) is 0 Å². The number of halogens is 2. The van der Waals surface area contributed by atoms with E-state index in [1.807, 2.05) is 156 Å². The standard InChI is InChI=1S/C29H41ClN2O4.C29H38ClN2O4.B.Na.H/c2*1-7-35-26(33)29(5,6)17-11-10-14-25(22-12-8-9-13-23(22)30)31-18-16-24-21(20-31)15-19-32(24)27(34)36-28(2,3)4;;;/h8-9,12-13,15,19,25H,7,10-11,14,16-18,20H2,1-6H3;8-9,12-13,15-16,18-20,25H,7,10-11,14,17H2,1-6H3;;;/q;+1;;+1;-1. The Morgan fingerprint density at radius 3 is 1.69 bits per heavy atom. The fourth-order valence-electron chi connectivity index (χ4n) is 9.15. The van der Waals surface area contributed by atoms with E-state index in [9.17, 15) is 19.2 Å². The van der Waals surface area contributed by atoms with Gasteiger partial charge >= 0.3 is 53.7 Å². The molecule has 3 aromatic heterocycles. The molecule has 2 aromatic carbocycles. The minimum Gasteiger partial charge on any atom is -1.00 e. The number of hydrogen-bond acceptors (Lipinski definition) is 9. The van der Waals surface area contributed by atoms with Gasteiger partial charge in [0.05, 0.1) is 40.0 Å². The summed E-state index contributed by atoms with van der Waals surface area (Å²) in [6.07, 6.45) is 14.7. The molecule has 3 radical (unpaired) electrons. The van der Waals surface area contributed by atoms with Crippen molar-refractivity contribution in [3.8, 4) is 0 Å². The number of carbonyl (C=O) groups is 4.